The molecule has 0 unspecified atom stereocenters. The number of carbonyl (C=O) groups excluding carboxylic acids is 2. The highest BCUT2D eigenvalue weighted by Gasteiger charge is 2.37. The minimum atomic E-state index is -0.287. The van der Waals surface area contributed by atoms with E-state index in [2.05, 4.69) is 39.4 Å². The second-order valence-electron chi connectivity index (χ2n) is 8.13. The van der Waals surface area contributed by atoms with Crippen molar-refractivity contribution in [1.29, 1.82) is 0 Å². The normalized spacial score (nSPS) is 14.1. The highest BCUT2D eigenvalue weighted by atomic mass is 16.2. The molecule has 1 aromatic carbocycles. The third kappa shape index (κ3) is 4.23. The fourth-order valence-corrected chi connectivity index (χ4v) is 3.78. The van der Waals surface area contributed by atoms with E-state index in [1.165, 1.54) is 6.33 Å². The first-order chi connectivity index (χ1) is 14.8. The average molecular weight is 416 g/mol. The molecule has 31 heavy (non-hydrogen) atoms. The second kappa shape index (κ2) is 8.14. The Morgan fingerprint density at radius 3 is 2.71 bits per heavy atom. The van der Waals surface area contributed by atoms with Crippen molar-refractivity contribution in [3.05, 3.63) is 71.9 Å². The van der Waals surface area contributed by atoms with Gasteiger partial charge >= 0.3 is 0 Å². The number of aromatic nitrogens is 3. The number of hydrogen-bond acceptors (Lipinski definition) is 6. The van der Waals surface area contributed by atoms with E-state index in [-0.39, 0.29) is 17.2 Å². The van der Waals surface area contributed by atoms with Crippen LogP contribution in [0.3, 0.4) is 0 Å². The van der Waals surface area contributed by atoms with Crippen LogP contribution in [0.2, 0.25) is 0 Å². The summed E-state index contributed by atoms with van der Waals surface area (Å²) in [6.07, 6.45) is 4.76. The van der Waals surface area contributed by atoms with Gasteiger partial charge in [-0.1, -0.05) is 19.9 Å². The molecule has 0 radical (unpaired) electrons. The first-order valence-electron chi connectivity index (χ1n) is 10.0. The van der Waals surface area contributed by atoms with Crippen LogP contribution in [0.15, 0.2) is 55.1 Å². The SMILES string of the molecule is CC(=O)N1CC(C)(C)c2ccc(NC(=O)c3cccnc3NCc3ccncn3)cc21. The molecule has 2 amide bonds. The predicted octanol–water partition coefficient (Wildman–Crippen LogP) is 3.38. The topological polar surface area (TPSA) is 100 Å². The van der Waals surface area contributed by atoms with Crippen molar-refractivity contribution in [2.75, 3.05) is 22.1 Å². The lowest BCUT2D eigenvalue weighted by Gasteiger charge is -2.19. The Kier molecular flexibility index (Phi) is 5.37. The van der Waals surface area contributed by atoms with Gasteiger partial charge in [0.2, 0.25) is 5.91 Å². The molecule has 0 fully saturated rings. The smallest absolute Gasteiger partial charge is 0.259 e. The van der Waals surface area contributed by atoms with Crippen LogP contribution in [0.1, 0.15) is 42.4 Å². The highest BCUT2D eigenvalue weighted by molar-refractivity contribution is 6.08. The molecule has 0 bridgehead atoms. The molecule has 0 saturated heterocycles. The monoisotopic (exact) mass is 416 g/mol. The fourth-order valence-electron chi connectivity index (χ4n) is 3.78. The van der Waals surface area contributed by atoms with Crippen LogP contribution in [0.4, 0.5) is 17.2 Å². The van der Waals surface area contributed by atoms with E-state index in [1.54, 1.807) is 42.4 Å². The van der Waals surface area contributed by atoms with Gasteiger partial charge in [-0.15, -0.1) is 0 Å². The maximum atomic E-state index is 13.0. The Morgan fingerprint density at radius 1 is 1.13 bits per heavy atom. The van der Waals surface area contributed by atoms with Crippen LogP contribution in [0.5, 0.6) is 0 Å². The lowest BCUT2D eigenvalue weighted by Crippen LogP contribution is -2.32. The van der Waals surface area contributed by atoms with Gasteiger partial charge in [0, 0.05) is 42.7 Å². The molecule has 3 aromatic rings. The van der Waals surface area contributed by atoms with E-state index in [1.807, 2.05) is 18.2 Å². The molecule has 2 aromatic heterocycles. The number of amides is 2. The molecule has 3 heterocycles. The van der Waals surface area contributed by atoms with Gasteiger partial charge in [-0.3, -0.25) is 9.59 Å². The molecule has 0 aliphatic carbocycles. The van der Waals surface area contributed by atoms with E-state index in [0.29, 0.717) is 30.2 Å². The van der Waals surface area contributed by atoms with Crippen LogP contribution in [-0.2, 0) is 16.8 Å². The quantitative estimate of drug-likeness (QED) is 0.661. The molecule has 1 aliphatic heterocycles. The van der Waals surface area contributed by atoms with Crippen molar-refractivity contribution in [3.63, 3.8) is 0 Å². The predicted molar refractivity (Wildman–Crippen MR) is 119 cm³/mol. The van der Waals surface area contributed by atoms with Gasteiger partial charge < -0.3 is 15.5 Å². The van der Waals surface area contributed by atoms with Gasteiger partial charge in [-0.25, -0.2) is 15.0 Å². The standard InChI is InChI=1S/C23H24N6O2/c1-15(30)29-13-23(2,3)19-7-6-16(11-20(19)29)28-22(31)18-5-4-9-25-21(18)26-12-17-8-10-24-14-27-17/h4-11,14H,12-13H2,1-3H3,(H,25,26)(H,28,31). The molecule has 8 heteroatoms. The summed E-state index contributed by atoms with van der Waals surface area (Å²) in [5.74, 6) is 0.162. The lowest BCUT2D eigenvalue weighted by atomic mass is 9.87. The van der Waals surface area contributed by atoms with Gasteiger partial charge in [-0.05, 0) is 35.9 Å². The van der Waals surface area contributed by atoms with Gasteiger partial charge in [-0.2, -0.15) is 0 Å². The molecular formula is C23H24N6O2. The molecule has 0 saturated carbocycles. The zero-order valence-electron chi connectivity index (χ0n) is 17.7. The van der Waals surface area contributed by atoms with Gasteiger partial charge in [0.25, 0.3) is 5.91 Å². The molecule has 2 N–H and O–H groups in total. The average Bonchev–Trinajstić information content (AvgIpc) is 3.04. The lowest BCUT2D eigenvalue weighted by molar-refractivity contribution is -0.116. The number of rotatable bonds is 5. The molecule has 158 valence electrons. The minimum absolute atomic E-state index is 0.0150. The Bertz CT molecular complexity index is 1130. The first kappa shape index (κ1) is 20.5. The summed E-state index contributed by atoms with van der Waals surface area (Å²) in [5.41, 5.74) is 3.62. The van der Waals surface area contributed by atoms with E-state index >= 15 is 0 Å². The maximum Gasteiger partial charge on any atom is 0.259 e. The molecular weight excluding hydrogens is 392 g/mol. The second-order valence-corrected chi connectivity index (χ2v) is 8.13. The summed E-state index contributed by atoms with van der Waals surface area (Å²) in [4.78, 5) is 39.2. The van der Waals surface area contributed by atoms with Crippen LogP contribution in [-0.4, -0.2) is 33.3 Å². The fraction of sp³-hybridized carbons (Fsp3) is 0.261. The summed E-state index contributed by atoms with van der Waals surface area (Å²) in [6.45, 7) is 6.81. The number of nitrogens with zero attached hydrogens (tertiary/aromatic N) is 4. The third-order valence-electron chi connectivity index (χ3n) is 5.34. The number of nitrogens with one attached hydrogen (secondary N) is 2. The Labute approximate surface area is 180 Å². The molecule has 4 rings (SSSR count). The van der Waals surface area contributed by atoms with E-state index < -0.39 is 0 Å². The van der Waals surface area contributed by atoms with Crippen LogP contribution >= 0.6 is 0 Å². The van der Waals surface area contributed by atoms with Gasteiger partial charge in [0.15, 0.2) is 0 Å². The Balaban J connectivity index is 1.54. The van der Waals surface area contributed by atoms with Crippen LogP contribution in [0, 0.1) is 0 Å². The Morgan fingerprint density at radius 2 is 1.97 bits per heavy atom. The van der Waals surface area contributed by atoms with Crippen molar-refractivity contribution in [3.8, 4) is 0 Å². The number of pyridine rings is 1. The van der Waals surface area contributed by atoms with Crippen molar-refractivity contribution in [1.82, 2.24) is 15.0 Å². The van der Waals surface area contributed by atoms with Crippen molar-refractivity contribution in [2.45, 2.75) is 32.7 Å². The summed E-state index contributed by atoms with van der Waals surface area (Å²) >= 11 is 0. The molecule has 0 atom stereocenters. The third-order valence-corrected chi connectivity index (χ3v) is 5.34. The van der Waals surface area contributed by atoms with Gasteiger partial charge in [0.1, 0.15) is 12.1 Å². The number of carbonyl (C=O) groups is 2. The molecule has 1 aliphatic rings. The molecule has 8 nitrogen and oxygen atoms in total. The van der Waals surface area contributed by atoms with Crippen molar-refractivity contribution >= 4 is 29.0 Å². The van der Waals surface area contributed by atoms with Gasteiger partial charge in [0.05, 0.1) is 17.8 Å². The molecule has 0 spiro atoms. The highest BCUT2D eigenvalue weighted by Crippen LogP contribution is 2.41. The zero-order valence-corrected chi connectivity index (χ0v) is 17.7. The van der Waals surface area contributed by atoms with Crippen LogP contribution in [0.25, 0.3) is 0 Å². The summed E-state index contributed by atoms with van der Waals surface area (Å²) in [6, 6.07) is 10.9. The maximum absolute atomic E-state index is 13.0. The number of anilines is 3. The summed E-state index contributed by atoms with van der Waals surface area (Å²) in [7, 11) is 0. The van der Waals surface area contributed by atoms with Crippen molar-refractivity contribution in [2.24, 2.45) is 0 Å². The van der Waals surface area contributed by atoms with Crippen molar-refractivity contribution < 1.29 is 9.59 Å². The Hall–Kier alpha value is -3.81. The van der Waals surface area contributed by atoms with Crippen LogP contribution < -0.4 is 15.5 Å². The summed E-state index contributed by atoms with van der Waals surface area (Å²) in [5, 5.41) is 6.09. The zero-order chi connectivity index (χ0) is 22.0. The van der Waals surface area contributed by atoms with E-state index in [9.17, 15) is 9.59 Å². The van der Waals surface area contributed by atoms with E-state index in [4.69, 9.17) is 0 Å². The first-order valence-corrected chi connectivity index (χ1v) is 10.0. The largest absolute Gasteiger partial charge is 0.364 e. The minimum Gasteiger partial charge on any atom is -0.364 e. The number of hydrogen-bond donors (Lipinski definition) is 2. The number of benzene rings is 1. The number of fused-ring (bicyclic) bond motifs is 1. The summed E-state index contributed by atoms with van der Waals surface area (Å²) < 4.78 is 0. The van der Waals surface area contributed by atoms with E-state index in [0.717, 1.165) is 16.9 Å².